The second kappa shape index (κ2) is 20.1. The molecule has 0 aromatic carbocycles. The Balaban J connectivity index is 4.74. The van der Waals surface area contributed by atoms with Gasteiger partial charge in [0.05, 0.1) is 6.61 Å². The minimum Gasteiger partial charge on any atom is -0.356 e. The highest BCUT2D eigenvalue weighted by Crippen LogP contribution is 2.31. The number of rotatable bonds is 24. The molecule has 0 radical (unpaired) electrons. The van der Waals surface area contributed by atoms with Gasteiger partial charge in [-0.3, -0.25) is 9.59 Å². The van der Waals surface area contributed by atoms with Gasteiger partial charge >= 0.3 is 0 Å². The number of ketones is 1. The molecule has 4 nitrogen and oxygen atoms in total. The van der Waals surface area contributed by atoms with Crippen molar-refractivity contribution in [3.8, 4) is 0 Å². The highest BCUT2D eigenvalue weighted by Gasteiger charge is 2.34. The molecule has 2 atom stereocenters. The van der Waals surface area contributed by atoms with E-state index in [2.05, 4.69) is 39.9 Å². The molecule has 214 valence electrons. The molecule has 4 heteroatoms. The van der Waals surface area contributed by atoms with Crippen molar-refractivity contribution in [2.75, 3.05) is 6.61 Å². The molecule has 0 aliphatic rings. The Morgan fingerprint density at radius 3 is 1.64 bits per heavy atom. The first-order valence-electron chi connectivity index (χ1n) is 15.5. The molecule has 0 spiro atoms. The predicted molar refractivity (Wildman–Crippen MR) is 155 cm³/mol. The van der Waals surface area contributed by atoms with Gasteiger partial charge in [-0.1, -0.05) is 125 Å². The first-order valence-corrected chi connectivity index (χ1v) is 15.5. The summed E-state index contributed by atoms with van der Waals surface area (Å²) in [6.07, 6.45) is 19.5. The van der Waals surface area contributed by atoms with E-state index in [1.165, 1.54) is 64.2 Å². The fourth-order valence-electron chi connectivity index (χ4n) is 4.92. The maximum atomic E-state index is 13.6. The molecular formula is C32H63NO3. The quantitative estimate of drug-likeness (QED) is 0.104. The van der Waals surface area contributed by atoms with Crippen LogP contribution in [0.3, 0.4) is 0 Å². The van der Waals surface area contributed by atoms with Gasteiger partial charge < -0.3 is 10.1 Å². The van der Waals surface area contributed by atoms with Gasteiger partial charge in [-0.25, -0.2) is 0 Å². The number of unbranched alkanes of at least 4 members (excludes halogenated alkanes) is 10. The zero-order valence-corrected chi connectivity index (χ0v) is 25.6. The van der Waals surface area contributed by atoms with Gasteiger partial charge in [-0.2, -0.15) is 0 Å². The van der Waals surface area contributed by atoms with E-state index in [0.717, 1.165) is 38.5 Å². The molecule has 0 aromatic heterocycles. The fourth-order valence-corrected chi connectivity index (χ4v) is 4.92. The van der Waals surface area contributed by atoms with E-state index in [4.69, 9.17) is 4.74 Å². The van der Waals surface area contributed by atoms with Crippen LogP contribution in [-0.2, 0) is 14.3 Å². The monoisotopic (exact) mass is 509 g/mol. The zero-order valence-electron chi connectivity index (χ0n) is 25.6. The highest BCUT2D eigenvalue weighted by molar-refractivity contribution is 5.86. The van der Waals surface area contributed by atoms with Gasteiger partial charge in [-0.05, 0) is 39.5 Å². The normalized spacial score (nSPS) is 14.0. The summed E-state index contributed by atoms with van der Waals surface area (Å²) in [6, 6.07) is 0. The Bertz CT molecular complexity index is 570. The second-order valence-electron chi connectivity index (χ2n) is 12.3. The van der Waals surface area contributed by atoms with Gasteiger partial charge in [0, 0.05) is 17.3 Å². The molecule has 0 fully saturated rings. The summed E-state index contributed by atoms with van der Waals surface area (Å²) in [5, 5.41) is 3.07. The average molecular weight is 510 g/mol. The first-order chi connectivity index (χ1) is 17.0. The molecule has 0 aliphatic heterocycles. The lowest BCUT2D eigenvalue weighted by Gasteiger charge is -2.32. The molecule has 1 amide bonds. The SMILES string of the molecule is CCCCCCCC(CCCCCC)C(=O)C(C)(C)CCOC(C)(C)NC(=O)C(C)CCCCCC. The number of carbonyl (C=O) groups excluding carboxylic acids is 2. The molecule has 36 heavy (non-hydrogen) atoms. The third-order valence-corrected chi connectivity index (χ3v) is 7.65. The predicted octanol–water partition coefficient (Wildman–Crippen LogP) is 9.39. The Hall–Kier alpha value is -0.900. The second-order valence-corrected chi connectivity index (χ2v) is 12.3. The van der Waals surface area contributed by atoms with E-state index < -0.39 is 11.1 Å². The van der Waals surface area contributed by atoms with Crippen molar-refractivity contribution in [2.45, 2.75) is 170 Å². The summed E-state index contributed by atoms with van der Waals surface area (Å²) in [6.45, 7) is 17.1. The summed E-state index contributed by atoms with van der Waals surface area (Å²) in [5.41, 5.74) is -1.14. The average Bonchev–Trinajstić information content (AvgIpc) is 2.81. The van der Waals surface area contributed by atoms with E-state index in [9.17, 15) is 9.59 Å². The van der Waals surface area contributed by atoms with Crippen LogP contribution in [0.2, 0.25) is 0 Å². The van der Waals surface area contributed by atoms with Gasteiger partial charge in [0.25, 0.3) is 0 Å². The van der Waals surface area contributed by atoms with Crippen molar-refractivity contribution in [2.24, 2.45) is 17.3 Å². The minimum atomic E-state index is -0.729. The third kappa shape index (κ3) is 16.8. The maximum absolute atomic E-state index is 13.6. The van der Waals surface area contributed by atoms with E-state index >= 15 is 0 Å². The third-order valence-electron chi connectivity index (χ3n) is 7.65. The topological polar surface area (TPSA) is 55.4 Å². The largest absolute Gasteiger partial charge is 0.356 e. The molecule has 0 aliphatic carbocycles. The summed E-state index contributed by atoms with van der Waals surface area (Å²) in [7, 11) is 0. The van der Waals surface area contributed by atoms with Crippen molar-refractivity contribution < 1.29 is 14.3 Å². The Morgan fingerprint density at radius 1 is 0.694 bits per heavy atom. The Kier molecular flexibility index (Phi) is 19.6. The number of amides is 1. The molecule has 0 aromatic rings. The van der Waals surface area contributed by atoms with Crippen LogP contribution in [0.4, 0.5) is 0 Å². The lowest BCUT2D eigenvalue weighted by atomic mass is 9.75. The van der Waals surface area contributed by atoms with Crippen molar-refractivity contribution in [3.05, 3.63) is 0 Å². The van der Waals surface area contributed by atoms with Crippen LogP contribution in [0.25, 0.3) is 0 Å². The molecule has 1 N–H and O–H groups in total. The van der Waals surface area contributed by atoms with Crippen LogP contribution in [0.5, 0.6) is 0 Å². The van der Waals surface area contributed by atoms with E-state index in [1.54, 1.807) is 0 Å². The van der Waals surface area contributed by atoms with Crippen molar-refractivity contribution in [3.63, 3.8) is 0 Å². The van der Waals surface area contributed by atoms with Gasteiger partial charge in [0.2, 0.25) is 5.91 Å². The van der Waals surface area contributed by atoms with E-state index in [-0.39, 0.29) is 17.7 Å². The lowest BCUT2D eigenvalue weighted by molar-refractivity contribution is -0.139. The van der Waals surface area contributed by atoms with Gasteiger partial charge in [-0.15, -0.1) is 0 Å². The van der Waals surface area contributed by atoms with Crippen molar-refractivity contribution in [1.82, 2.24) is 5.32 Å². The molecular weight excluding hydrogens is 446 g/mol. The number of ether oxygens (including phenoxy) is 1. The van der Waals surface area contributed by atoms with Crippen LogP contribution in [-0.4, -0.2) is 24.0 Å². The van der Waals surface area contributed by atoms with Crippen molar-refractivity contribution in [1.29, 1.82) is 0 Å². The zero-order chi connectivity index (χ0) is 27.5. The van der Waals surface area contributed by atoms with Gasteiger partial charge in [0.15, 0.2) is 0 Å². The smallest absolute Gasteiger partial charge is 0.225 e. The molecule has 0 rings (SSSR count). The van der Waals surface area contributed by atoms with Gasteiger partial charge in [0.1, 0.15) is 11.5 Å². The molecule has 0 heterocycles. The van der Waals surface area contributed by atoms with Crippen LogP contribution in [0.15, 0.2) is 0 Å². The number of hydrogen-bond acceptors (Lipinski definition) is 3. The maximum Gasteiger partial charge on any atom is 0.225 e. The first kappa shape index (κ1) is 35.1. The van der Waals surface area contributed by atoms with E-state index in [0.29, 0.717) is 18.8 Å². The van der Waals surface area contributed by atoms with Crippen LogP contribution in [0.1, 0.15) is 165 Å². The molecule has 2 unspecified atom stereocenters. The summed E-state index contributed by atoms with van der Waals surface area (Å²) < 4.78 is 6.11. The minimum absolute atomic E-state index is 0.00598. The molecule has 0 bridgehead atoms. The molecule has 0 saturated carbocycles. The fraction of sp³-hybridized carbons (Fsp3) is 0.938. The van der Waals surface area contributed by atoms with Crippen molar-refractivity contribution >= 4 is 11.7 Å². The summed E-state index contributed by atoms with van der Waals surface area (Å²) in [5.74, 6) is 0.621. The summed E-state index contributed by atoms with van der Waals surface area (Å²) >= 11 is 0. The Morgan fingerprint density at radius 2 is 1.14 bits per heavy atom. The van der Waals surface area contributed by atoms with Crippen LogP contribution >= 0.6 is 0 Å². The molecule has 0 saturated heterocycles. The van der Waals surface area contributed by atoms with Crippen LogP contribution in [0, 0.1) is 17.3 Å². The number of nitrogens with one attached hydrogen (secondary N) is 1. The van der Waals surface area contributed by atoms with E-state index in [1.807, 2.05) is 20.8 Å². The standard InChI is InChI=1S/C32H63NO3/c1-9-12-15-18-21-24-28(23-20-17-14-11-3)29(34)31(5,6)25-26-36-32(7,8)33-30(35)27(4)22-19-16-13-10-2/h27-28H,9-26H2,1-8H3,(H,33,35). The number of carbonyl (C=O) groups is 2. The number of Topliss-reactive ketones (excluding diaryl/α,β-unsaturated/α-hetero) is 1. The number of hydrogen-bond donors (Lipinski definition) is 1. The Labute approximate surface area is 225 Å². The highest BCUT2D eigenvalue weighted by atomic mass is 16.5. The lowest BCUT2D eigenvalue weighted by Crippen LogP contribution is -2.48. The summed E-state index contributed by atoms with van der Waals surface area (Å²) in [4.78, 5) is 26.2. The van der Waals surface area contributed by atoms with Crippen LogP contribution < -0.4 is 5.32 Å².